The lowest BCUT2D eigenvalue weighted by Crippen LogP contribution is -2.38. The van der Waals surface area contributed by atoms with Crippen molar-refractivity contribution in [3.63, 3.8) is 0 Å². The van der Waals surface area contributed by atoms with Gasteiger partial charge in [-0.2, -0.15) is 17.5 Å². The Balaban J connectivity index is 0.870. The van der Waals surface area contributed by atoms with E-state index < -0.39 is 39.7 Å². The largest absolute Gasteiger partial charge is 0.416 e. The minimum Gasteiger partial charge on any atom is -0.306 e. The lowest BCUT2D eigenvalue weighted by Gasteiger charge is -2.31. The van der Waals surface area contributed by atoms with Crippen LogP contribution in [0.15, 0.2) is 155 Å². The van der Waals surface area contributed by atoms with Crippen LogP contribution in [-0.4, -0.2) is 36.2 Å². The first-order valence-electron chi connectivity index (χ1n) is 18.7. The predicted octanol–water partition coefficient (Wildman–Crippen LogP) is 10.5. The number of Topliss-reactive ketones (excluding diaryl/α,β-unsaturated/α-hetero) is 1. The Labute approximate surface area is 326 Å². The van der Waals surface area contributed by atoms with Crippen molar-refractivity contribution in [3.05, 3.63) is 173 Å². The summed E-state index contributed by atoms with van der Waals surface area (Å²) < 4.78 is 69.7. The van der Waals surface area contributed by atoms with Crippen molar-refractivity contribution in [2.45, 2.75) is 36.4 Å². The minimum absolute atomic E-state index is 0.0779. The fourth-order valence-electron chi connectivity index (χ4n) is 8.26. The van der Waals surface area contributed by atoms with Gasteiger partial charge in [0.1, 0.15) is 0 Å². The number of halogens is 3. The highest BCUT2D eigenvalue weighted by Gasteiger charge is 2.32. The number of hydrogen-bond acceptors (Lipinski definition) is 4. The molecule has 0 aliphatic carbocycles. The van der Waals surface area contributed by atoms with Gasteiger partial charge in [0.25, 0.3) is 5.56 Å². The molecule has 1 aliphatic heterocycles. The maximum Gasteiger partial charge on any atom is 0.416 e. The monoisotopic (exact) mass is 780 g/mol. The molecule has 7 aromatic carbocycles. The van der Waals surface area contributed by atoms with E-state index in [1.165, 1.54) is 72.6 Å². The van der Waals surface area contributed by atoms with Gasteiger partial charge >= 0.3 is 6.18 Å². The Hall–Kier alpha value is -6.10. The van der Waals surface area contributed by atoms with Crippen LogP contribution in [0.2, 0.25) is 0 Å². The summed E-state index contributed by atoms with van der Waals surface area (Å²) >= 11 is 0. The summed E-state index contributed by atoms with van der Waals surface area (Å²) in [5.74, 6) is -0.272. The summed E-state index contributed by atoms with van der Waals surface area (Å²) in [4.78, 5) is 25.9. The van der Waals surface area contributed by atoms with Gasteiger partial charge in [-0.05, 0) is 97.1 Å². The second-order valence-corrected chi connectivity index (χ2v) is 16.6. The molecule has 1 aliphatic rings. The first kappa shape index (κ1) is 36.5. The number of carbonyl (C=O) groups is 1. The van der Waals surface area contributed by atoms with Crippen LogP contribution in [-0.2, 0) is 22.7 Å². The summed E-state index contributed by atoms with van der Waals surface area (Å²) in [7, 11) is -3.96. The van der Waals surface area contributed by atoms with Crippen molar-refractivity contribution < 1.29 is 26.4 Å². The van der Waals surface area contributed by atoms with E-state index in [9.17, 15) is 31.2 Å². The molecular formula is C47H35F3N2O4S. The zero-order valence-electron chi connectivity index (χ0n) is 30.5. The first-order valence-corrected chi connectivity index (χ1v) is 20.2. The Kier molecular flexibility index (Phi) is 9.06. The number of aromatic nitrogens is 1. The highest BCUT2D eigenvalue weighted by atomic mass is 32.2. The van der Waals surface area contributed by atoms with E-state index >= 15 is 0 Å². The average molecular weight is 781 g/mol. The maximum atomic E-state index is 13.8. The van der Waals surface area contributed by atoms with Crippen molar-refractivity contribution >= 4 is 48.1 Å². The van der Waals surface area contributed by atoms with Crippen molar-refractivity contribution in [1.29, 1.82) is 0 Å². The third-order valence-electron chi connectivity index (χ3n) is 11.3. The Morgan fingerprint density at radius 2 is 1.30 bits per heavy atom. The van der Waals surface area contributed by atoms with Gasteiger partial charge in [-0.3, -0.25) is 9.59 Å². The number of nitrogens with zero attached hydrogens (tertiary/aromatic N) is 2. The second kappa shape index (κ2) is 14.1. The zero-order chi connectivity index (χ0) is 39.5. The molecule has 2 heterocycles. The van der Waals surface area contributed by atoms with Gasteiger partial charge in [0.2, 0.25) is 10.0 Å². The molecule has 0 bridgehead atoms. The van der Waals surface area contributed by atoms with E-state index in [-0.39, 0.29) is 16.4 Å². The normalized spacial score (nSPS) is 14.5. The Morgan fingerprint density at radius 1 is 0.667 bits per heavy atom. The summed E-state index contributed by atoms with van der Waals surface area (Å²) in [6.45, 7) is 0.206. The number of rotatable bonds is 8. The van der Waals surface area contributed by atoms with Gasteiger partial charge in [-0.25, -0.2) is 8.42 Å². The topological polar surface area (TPSA) is 76.5 Å². The Bertz CT molecular complexity index is 2970. The van der Waals surface area contributed by atoms with Crippen LogP contribution in [0, 0.1) is 0 Å². The quantitative estimate of drug-likeness (QED) is 0.114. The molecule has 10 heteroatoms. The van der Waals surface area contributed by atoms with Gasteiger partial charge in [0.05, 0.1) is 17.0 Å². The highest BCUT2D eigenvalue weighted by molar-refractivity contribution is 7.89. The van der Waals surface area contributed by atoms with Crippen LogP contribution in [0.25, 0.3) is 54.6 Å². The molecule has 8 aromatic rings. The summed E-state index contributed by atoms with van der Waals surface area (Å²) in [5.41, 5.74) is 3.20. The summed E-state index contributed by atoms with van der Waals surface area (Å²) in [6.07, 6.45) is -2.02. The maximum absolute atomic E-state index is 13.8. The molecule has 0 atom stereocenters. The van der Waals surface area contributed by atoms with Gasteiger partial charge in [-0.15, -0.1) is 0 Å². The zero-order valence-corrected chi connectivity index (χ0v) is 31.4. The van der Waals surface area contributed by atoms with E-state index in [4.69, 9.17) is 0 Å². The summed E-state index contributed by atoms with van der Waals surface area (Å²) in [5, 5.41) is 7.43. The van der Waals surface area contributed by atoms with Gasteiger partial charge < -0.3 is 4.57 Å². The van der Waals surface area contributed by atoms with Gasteiger partial charge in [0, 0.05) is 30.9 Å². The second-order valence-electron chi connectivity index (χ2n) is 14.7. The molecule has 1 saturated heterocycles. The number of pyridine rings is 1. The van der Waals surface area contributed by atoms with E-state index in [0.717, 1.165) is 33.9 Å². The van der Waals surface area contributed by atoms with Crippen LogP contribution in [0.3, 0.4) is 0 Å². The van der Waals surface area contributed by atoms with Crippen LogP contribution in [0.5, 0.6) is 0 Å². The molecule has 0 N–H and O–H groups in total. The van der Waals surface area contributed by atoms with Gasteiger partial charge in [0.15, 0.2) is 5.78 Å². The molecule has 0 amide bonds. The smallest absolute Gasteiger partial charge is 0.306 e. The van der Waals surface area contributed by atoms with E-state index in [2.05, 4.69) is 78.9 Å². The molecule has 0 radical (unpaired) electrons. The molecule has 6 nitrogen and oxygen atoms in total. The molecule has 284 valence electrons. The van der Waals surface area contributed by atoms with E-state index in [0.29, 0.717) is 37.1 Å². The first-order chi connectivity index (χ1) is 27.4. The molecule has 0 unspecified atom stereocenters. The fourth-order valence-corrected chi connectivity index (χ4v) is 9.75. The summed E-state index contributed by atoms with van der Waals surface area (Å²) in [6, 6.07) is 41.5. The van der Waals surface area contributed by atoms with Crippen LogP contribution < -0.4 is 5.56 Å². The number of benzene rings is 7. The van der Waals surface area contributed by atoms with E-state index in [1.54, 1.807) is 18.2 Å². The van der Waals surface area contributed by atoms with Crippen molar-refractivity contribution in [2.75, 3.05) is 13.1 Å². The number of carbonyl (C=O) groups excluding carboxylic acids is 1. The third kappa shape index (κ3) is 6.79. The van der Waals surface area contributed by atoms with Crippen LogP contribution in [0.4, 0.5) is 13.2 Å². The molecular weight excluding hydrogens is 746 g/mol. The molecule has 1 fully saturated rings. The number of alkyl halides is 3. The van der Waals surface area contributed by atoms with Crippen molar-refractivity contribution in [3.8, 4) is 22.3 Å². The van der Waals surface area contributed by atoms with Gasteiger partial charge in [-0.1, -0.05) is 115 Å². The molecule has 9 rings (SSSR count). The fraction of sp³-hybridized carbons (Fsp3) is 0.149. The SMILES string of the molecule is O=C(Cn1cc(S(=O)(=O)N2CCC(c3ccc(-c4ccc5ccc6cccc7ccc4c5c67)cc3)CC2)ccc1=O)c1ccc(-c2cccc(C(F)(F)F)c2)cc1. The molecule has 0 spiro atoms. The molecule has 0 saturated carbocycles. The van der Waals surface area contributed by atoms with Crippen molar-refractivity contribution in [1.82, 2.24) is 8.87 Å². The van der Waals surface area contributed by atoms with E-state index in [1.807, 2.05) is 0 Å². The molecule has 57 heavy (non-hydrogen) atoms. The lowest BCUT2D eigenvalue weighted by molar-refractivity contribution is -0.137. The van der Waals surface area contributed by atoms with Crippen molar-refractivity contribution in [2.24, 2.45) is 0 Å². The predicted molar refractivity (Wildman–Crippen MR) is 218 cm³/mol. The minimum atomic E-state index is -4.49. The number of sulfonamides is 1. The third-order valence-corrected chi connectivity index (χ3v) is 13.2. The van der Waals surface area contributed by atoms with Crippen LogP contribution >= 0.6 is 0 Å². The average Bonchev–Trinajstić information content (AvgIpc) is 3.23. The lowest BCUT2D eigenvalue weighted by atomic mass is 9.87. The number of hydrogen-bond donors (Lipinski definition) is 0. The Morgan fingerprint density at radius 3 is 2.00 bits per heavy atom. The number of ketones is 1. The number of piperidine rings is 1. The van der Waals surface area contributed by atoms with Crippen LogP contribution in [0.1, 0.15) is 40.2 Å². The highest BCUT2D eigenvalue weighted by Crippen LogP contribution is 2.40. The molecule has 1 aromatic heterocycles. The standard InChI is InChI=1S/C47H35F3N2O4S/c48-47(49,50)39-6-2-5-38(27-39)31-9-13-34(14-10-31)43(53)29-51-28-40(19-22-44(51)54)57(55,56)52-25-23-32(24-26-52)30-7-11-33(12-8-30)41-20-17-37-16-15-35-3-1-4-36-18-21-42(41)46(37)45(35)36/h1-22,27-28,32H,23-26,29H2.